The Kier molecular flexibility index (Phi) is 3.82. The van der Waals surface area contributed by atoms with Gasteiger partial charge in [-0.15, -0.1) is 0 Å². The Labute approximate surface area is 133 Å². The maximum absolute atomic E-state index is 12.1. The zero-order chi connectivity index (χ0) is 16.4. The van der Waals surface area contributed by atoms with Gasteiger partial charge in [0.25, 0.3) is 5.91 Å². The summed E-state index contributed by atoms with van der Waals surface area (Å²) in [6.45, 7) is 4.77. The fourth-order valence-corrected chi connectivity index (χ4v) is 2.37. The third-order valence-electron chi connectivity index (χ3n) is 3.89. The summed E-state index contributed by atoms with van der Waals surface area (Å²) in [5.74, 6) is 1.24. The van der Waals surface area contributed by atoms with Crippen molar-refractivity contribution in [2.75, 3.05) is 13.3 Å². The molecule has 23 heavy (non-hydrogen) atoms. The number of aromatic nitrogens is 1. The number of aromatic amines is 1. The van der Waals surface area contributed by atoms with Crippen molar-refractivity contribution >= 4 is 5.91 Å². The van der Waals surface area contributed by atoms with E-state index < -0.39 is 0 Å². The first-order valence-corrected chi connectivity index (χ1v) is 7.33. The quantitative estimate of drug-likeness (QED) is 0.902. The predicted molar refractivity (Wildman–Crippen MR) is 85.0 cm³/mol. The Hall–Kier alpha value is -2.76. The highest BCUT2D eigenvalue weighted by Crippen LogP contribution is 2.36. The Morgan fingerprint density at radius 1 is 1.22 bits per heavy atom. The van der Waals surface area contributed by atoms with Crippen LogP contribution in [0, 0.1) is 0 Å². The van der Waals surface area contributed by atoms with Crippen LogP contribution < -0.4 is 20.3 Å². The van der Waals surface area contributed by atoms with Gasteiger partial charge in [0.1, 0.15) is 0 Å². The zero-order valence-corrected chi connectivity index (χ0v) is 13.0. The number of H-pyrrole nitrogens is 1. The number of rotatable bonds is 4. The molecule has 0 spiro atoms. The highest BCUT2D eigenvalue weighted by Gasteiger charge is 2.24. The average molecular weight is 314 g/mol. The van der Waals surface area contributed by atoms with Crippen LogP contribution in [0.4, 0.5) is 0 Å². The number of hydrogen-bond acceptors (Lipinski definition) is 4. The van der Waals surface area contributed by atoms with Crippen molar-refractivity contribution in [2.24, 2.45) is 0 Å². The first-order valence-electron chi connectivity index (χ1n) is 7.33. The van der Waals surface area contributed by atoms with E-state index in [0.29, 0.717) is 12.1 Å². The number of nitrogens with one attached hydrogen (secondary N) is 2. The maximum Gasteiger partial charge on any atom is 0.252 e. The molecule has 0 atom stereocenters. The molecule has 1 amide bonds. The van der Waals surface area contributed by atoms with Crippen LogP contribution in [0.25, 0.3) is 0 Å². The van der Waals surface area contributed by atoms with Crippen LogP contribution >= 0.6 is 0 Å². The first-order chi connectivity index (χ1) is 11.0. The van der Waals surface area contributed by atoms with Gasteiger partial charge in [-0.05, 0) is 23.8 Å². The van der Waals surface area contributed by atoms with Gasteiger partial charge in [-0.1, -0.05) is 19.9 Å². The lowest BCUT2D eigenvalue weighted by Crippen LogP contribution is -2.36. The molecule has 0 bridgehead atoms. The lowest BCUT2D eigenvalue weighted by Gasteiger charge is -2.26. The van der Waals surface area contributed by atoms with Crippen molar-refractivity contribution in [3.8, 4) is 11.5 Å². The molecular formula is C17H18N2O4. The molecule has 1 aromatic heterocycles. The summed E-state index contributed by atoms with van der Waals surface area (Å²) >= 11 is 0. The van der Waals surface area contributed by atoms with Gasteiger partial charge >= 0.3 is 0 Å². The highest BCUT2D eigenvalue weighted by atomic mass is 16.7. The molecule has 2 aromatic rings. The number of carbonyl (C=O) groups excluding carboxylic acids is 1. The van der Waals surface area contributed by atoms with E-state index in [4.69, 9.17) is 9.47 Å². The van der Waals surface area contributed by atoms with Crippen LogP contribution in [0.5, 0.6) is 11.5 Å². The zero-order valence-electron chi connectivity index (χ0n) is 13.0. The molecule has 0 saturated heterocycles. The van der Waals surface area contributed by atoms with E-state index >= 15 is 0 Å². The van der Waals surface area contributed by atoms with E-state index in [2.05, 4.69) is 10.3 Å². The van der Waals surface area contributed by atoms with Crippen molar-refractivity contribution in [2.45, 2.75) is 19.3 Å². The molecule has 0 unspecified atom stereocenters. The van der Waals surface area contributed by atoms with E-state index in [9.17, 15) is 9.59 Å². The minimum Gasteiger partial charge on any atom is -0.454 e. The minimum absolute atomic E-state index is 0.227. The second-order valence-corrected chi connectivity index (χ2v) is 6.08. The molecule has 0 aliphatic carbocycles. The molecule has 0 fully saturated rings. The Morgan fingerprint density at radius 2 is 2.00 bits per heavy atom. The van der Waals surface area contributed by atoms with Gasteiger partial charge < -0.3 is 19.8 Å². The van der Waals surface area contributed by atoms with Gasteiger partial charge in [-0.25, -0.2) is 0 Å². The van der Waals surface area contributed by atoms with Crippen molar-refractivity contribution < 1.29 is 14.3 Å². The minimum atomic E-state index is -0.279. The fraction of sp³-hybridized carbons (Fsp3) is 0.294. The standard InChI is InChI=1S/C17H18N2O4/c1-17(2,12-4-5-13-14(7-12)23-10-22-13)9-19-16(21)11-3-6-15(20)18-8-11/h3-8H,9-10H2,1-2H3,(H,18,20)(H,19,21). The van der Waals surface area contributed by atoms with Gasteiger partial charge in [0, 0.05) is 24.2 Å². The molecule has 1 aliphatic heterocycles. The number of pyridine rings is 1. The summed E-state index contributed by atoms with van der Waals surface area (Å²) < 4.78 is 10.7. The third-order valence-corrected chi connectivity index (χ3v) is 3.89. The molecule has 2 N–H and O–H groups in total. The normalized spacial score (nSPS) is 13.0. The van der Waals surface area contributed by atoms with E-state index in [1.165, 1.54) is 18.3 Å². The molecule has 6 nitrogen and oxygen atoms in total. The van der Waals surface area contributed by atoms with Gasteiger partial charge in [0.05, 0.1) is 5.56 Å². The molecule has 3 rings (SSSR count). The topological polar surface area (TPSA) is 80.4 Å². The number of ether oxygens (including phenoxy) is 2. The summed E-state index contributed by atoms with van der Waals surface area (Å²) in [4.78, 5) is 25.7. The molecule has 1 aliphatic rings. The smallest absolute Gasteiger partial charge is 0.252 e. The second kappa shape index (κ2) is 5.79. The summed E-state index contributed by atoms with van der Waals surface area (Å²) in [6, 6.07) is 8.62. The van der Waals surface area contributed by atoms with Crippen molar-refractivity contribution in [1.29, 1.82) is 0 Å². The lowest BCUT2D eigenvalue weighted by molar-refractivity contribution is 0.0945. The monoisotopic (exact) mass is 314 g/mol. The summed E-state index contributed by atoms with van der Waals surface area (Å²) in [5.41, 5.74) is 0.954. The predicted octanol–water partition coefficient (Wildman–Crippen LogP) is 1.81. The van der Waals surface area contributed by atoms with Gasteiger partial charge in [0.2, 0.25) is 12.4 Å². The molecule has 2 heterocycles. The molecule has 6 heteroatoms. The first kappa shape index (κ1) is 15.1. The molecular weight excluding hydrogens is 296 g/mol. The third kappa shape index (κ3) is 3.21. The van der Waals surface area contributed by atoms with E-state index in [1.807, 2.05) is 32.0 Å². The summed E-state index contributed by atoms with van der Waals surface area (Å²) in [7, 11) is 0. The Morgan fingerprint density at radius 3 is 2.74 bits per heavy atom. The van der Waals surface area contributed by atoms with Gasteiger partial charge in [-0.3, -0.25) is 9.59 Å². The average Bonchev–Trinajstić information content (AvgIpc) is 3.01. The SMILES string of the molecule is CC(C)(CNC(=O)c1ccc(=O)[nH]c1)c1ccc2c(c1)OCO2. The summed E-state index contributed by atoms with van der Waals surface area (Å²) in [6.07, 6.45) is 1.41. The van der Waals surface area contributed by atoms with Crippen molar-refractivity contribution in [3.63, 3.8) is 0 Å². The molecule has 1 aromatic carbocycles. The summed E-state index contributed by atoms with van der Waals surface area (Å²) in [5, 5.41) is 2.89. The number of benzene rings is 1. The lowest BCUT2D eigenvalue weighted by atomic mass is 9.84. The highest BCUT2D eigenvalue weighted by molar-refractivity contribution is 5.93. The molecule has 0 radical (unpaired) electrons. The Bertz CT molecular complexity index is 775. The van der Waals surface area contributed by atoms with E-state index in [1.54, 1.807) is 0 Å². The van der Waals surface area contributed by atoms with Gasteiger partial charge in [0.15, 0.2) is 11.5 Å². The number of fused-ring (bicyclic) bond motifs is 1. The van der Waals surface area contributed by atoms with Crippen LogP contribution in [0.2, 0.25) is 0 Å². The maximum atomic E-state index is 12.1. The molecule has 0 saturated carbocycles. The Balaban J connectivity index is 1.70. The van der Waals surface area contributed by atoms with E-state index in [0.717, 1.165) is 17.1 Å². The second-order valence-electron chi connectivity index (χ2n) is 6.08. The van der Waals surface area contributed by atoms with Crippen LogP contribution in [0.1, 0.15) is 29.8 Å². The van der Waals surface area contributed by atoms with Gasteiger partial charge in [-0.2, -0.15) is 0 Å². The van der Waals surface area contributed by atoms with Crippen molar-refractivity contribution in [1.82, 2.24) is 10.3 Å². The fourth-order valence-electron chi connectivity index (χ4n) is 2.37. The van der Waals surface area contributed by atoms with E-state index in [-0.39, 0.29) is 23.7 Å². The van der Waals surface area contributed by atoms with Crippen LogP contribution in [0.15, 0.2) is 41.3 Å². The van der Waals surface area contributed by atoms with Crippen LogP contribution in [0.3, 0.4) is 0 Å². The molecule has 120 valence electrons. The number of amides is 1. The number of hydrogen-bond donors (Lipinski definition) is 2. The van der Waals surface area contributed by atoms with Crippen molar-refractivity contribution in [3.05, 3.63) is 58.0 Å². The van der Waals surface area contributed by atoms with Crippen LogP contribution in [-0.4, -0.2) is 24.2 Å². The largest absolute Gasteiger partial charge is 0.454 e. The van der Waals surface area contributed by atoms with Crippen LogP contribution in [-0.2, 0) is 5.41 Å². The number of carbonyl (C=O) groups is 1.